The smallest absolute Gasteiger partial charge is 0.238 e. The Morgan fingerprint density at radius 2 is 2.18 bits per heavy atom. The van der Waals surface area contributed by atoms with Gasteiger partial charge in [0.1, 0.15) is 16.9 Å². The van der Waals surface area contributed by atoms with E-state index in [1.807, 2.05) is 6.92 Å². The summed E-state index contributed by atoms with van der Waals surface area (Å²) >= 11 is 1.27. The minimum atomic E-state index is -0.485. The lowest BCUT2D eigenvalue weighted by molar-refractivity contribution is -0.120. The first-order chi connectivity index (χ1) is 10.7. The van der Waals surface area contributed by atoms with Gasteiger partial charge in [-0.1, -0.05) is 30.8 Å². The lowest BCUT2D eigenvalue weighted by Crippen LogP contribution is -2.29. The van der Waals surface area contributed by atoms with Gasteiger partial charge in [-0.2, -0.15) is 0 Å². The highest BCUT2D eigenvalue weighted by Gasteiger charge is 2.30. The third kappa shape index (κ3) is 3.65. The summed E-state index contributed by atoms with van der Waals surface area (Å²) in [5, 5.41) is 9.99. The number of aromatic amines is 1. The van der Waals surface area contributed by atoms with E-state index < -0.39 is 5.25 Å². The monoisotopic (exact) mass is 320 g/mol. The number of aromatic nitrogens is 3. The number of hydrogen-bond acceptors (Lipinski definition) is 4. The summed E-state index contributed by atoms with van der Waals surface area (Å²) in [6.07, 6.45) is 2.80. The van der Waals surface area contributed by atoms with Crippen LogP contribution in [0.2, 0.25) is 0 Å². The molecular weight excluding hydrogens is 303 g/mol. The zero-order valence-corrected chi connectivity index (χ0v) is 13.0. The molecule has 3 rings (SSSR count). The molecular formula is C15H17FN4OS. The average molecular weight is 320 g/mol. The summed E-state index contributed by atoms with van der Waals surface area (Å²) < 4.78 is 13.1. The lowest BCUT2D eigenvalue weighted by Gasteiger charge is -2.15. The van der Waals surface area contributed by atoms with Gasteiger partial charge in [0.2, 0.25) is 11.1 Å². The molecule has 1 aliphatic rings. The Morgan fingerprint density at radius 3 is 2.77 bits per heavy atom. The van der Waals surface area contributed by atoms with Crippen molar-refractivity contribution in [2.75, 3.05) is 0 Å². The lowest BCUT2D eigenvalue weighted by atomic mass is 10.1. The highest BCUT2D eigenvalue weighted by Crippen LogP contribution is 2.34. The molecule has 1 fully saturated rings. The Labute approximate surface area is 132 Å². The predicted octanol–water partition coefficient (Wildman–Crippen LogP) is 2.62. The molecule has 0 radical (unpaired) electrons. The molecule has 0 saturated heterocycles. The molecule has 2 aromatic rings. The topological polar surface area (TPSA) is 70.7 Å². The highest BCUT2D eigenvalue weighted by molar-refractivity contribution is 8.00. The molecule has 116 valence electrons. The van der Waals surface area contributed by atoms with Crippen LogP contribution in [0, 0.1) is 5.82 Å². The van der Waals surface area contributed by atoms with E-state index in [-0.39, 0.29) is 17.8 Å². The van der Waals surface area contributed by atoms with Crippen molar-refractivity contribution in [3.63, 3.8) is 0 Å². The largest absolute Gasteiger partial charge is 0.352 e. The van der Waals surface area contributed by atoms with Crippen LogP contribution in [0.25, 0.3) is 0 Å². The number of halogens is 1. The molecule has 1 aliphatic carbocycles. The number of nitrogens with zero attached hydrogens (tertiary/aromatic N) is 2. The number of H-pyrrole nitrogens is 1. The van der Waals surface area contributed by atoms with Crippen LogP contribution in [0.4, 0.5) is 4.39 Å². The minimum Gasteiger partial charge on any atom is -0.352 e. The minimum absolute atomic E-state index is 0.0815. The molecule has 0 spiro atoms. The Morgan fingerprint density at radius 1 is 1.45 bits per heavy atom. The van der Waals surface area contributed by atoms with E-state index in [2.05, 4.69) is 20.5 Å². The van der Waals surface area contributed by atoms with Gasteiger partial charge in [-0.15, -0.1) is 5.10 Å². The maximum atomic E-state index is 13.1. The molecule has 0 bridgehead atoms. The van der Waals surface area contributed by atoms with E-state index >= 15 is 0 Å². The van der Waals surface area contributed by atoms with Crippen molar-refractivity contribution in [3.8, 4) is 0 Å². The second-order valence-electron chi connectivity index (χ2n) is 5.25. The van der Waals surface area contributed by atoms with Crippen molar-refractivity contribution < 1.29 is 9.18 Å². The van der Waals surface area contributed by atoms with Crippen LogP contribution in [-0.4, -0.2) is 27.1 Å². The van der Waals surface area contributed by atoms with E-state index in [1.54, 1.807) is 12.1 Å². The van der Waals surface area contributed by atoms with E-state index in [1.165, 1.54) is 23.9 Å². The summed E-state index contributed by atoms with van der Waals surface area (Å²) in [5.41, 5.74) is 0.743. The van der Waals surface area contributed by atoms with Crippen LogP contribution in [-0.2, 0) is 11.2 Å². The van der Waals surface area contributed by atoms with Gasteiger partial charge in [0.15, 0.2) is 0 Å². The standard InChI is InChI=1S/C15H17FN4OS/c1-2-12-18-15(20-19-12)22-13(14(21)17-11-7-8-11)9-3-5-10(16)6-4-9/h3-6,11,13H,2,7-8H2,1H3,(H,17,21)(H,18,19,20). The predicted molar refractivity (Wildman–Crippen MR) is 81.9 cm³/mol. The third-order valence-electron chi connectivity index (χ3n) is 3.40. The Kier molecular flexibility index (Phi) is 4.42. The van der Waals surface area contributed by atoms with Gasteiger partial charge < -0.3 is 5.32 Å². The SMILES string of the molecule is CCc1nc(SC(C(=O)NC2CC2)c2ccc(F)cc2)n[nH]1. The van der Waals surface area contributed by atoms with Gasteiger partial charge in [-0.3, -0.25) is 9.89 Å². The van der Waals surface area contributed by atoms with Gasteiger partial charge in [-0.05, 0) is 30.5 Å². The summed E-state index contributed by atoms with van der Waals surface area (Å²) in [6, 6.07) is 6.26. The van der Waals surface area contributed by atoms with Crippen molar-refractivity contribution in [1.82, 2.24) is 20.5 Å². The van der Waals surface area contributed by atoms with E-state index in [0.29, 0.717) is 5.16 Å². The first-order valence-electron chi connectivity index (χ1n) is 7.29. The van der Waals surface area contributed by atoms with Crippen LogP contribution in [0.1, 0.15) is 36.4 Å². The van der Waals surface area contributed by atoms with Crippen molar-refractivity contribution >= 4 is 17.7 Å². The molecule has 22 heavy (non-hydrogen) atoms. The first-order valence-corrected chi connectivity index (χ1v) is 8.17. The number of rotatable bonds is 6. The maximum absolute atomic E-state index is 13.1. The van der Waals surface area contributed by atoms with Gasteiger partial charge in [-0.25, -0.2) is 9.37 Å². The Bertz CT molecular complexity index is 654. The molecule has 1 heterocycles. The molecule has 1 aromatic heterocycles. The number of carbonyl (C=O) groups is 1. The van der Waals surface area contributed by atoms with Crippen LogP contribution < -0.4 is 5.32 Å². The molecule has 1 saturated carbocycles. The summed E-state index contributed by atoms with van der Waals surface area (Å²) in [5.74, 6) is 0.381. The maximum Gasteiger partial charge on any atom is 0.238 e. The zero-order chi connectivity index (χ0) is 15.5. The van der Waals surface area contributed by atoms with Crippen molar-refractivity contribution in [1.29, 1.82) is 0 Å². The molecule has 1 amide bonds. The van der Waals surface area contributed by atoms with Crippen molar-refractivity contribution in [2.24, 2.45) is 0 Å². The number of carbonyl (C=O) groups excluding carboxylic acids is 1. The number of thioether (sulfide) groups is 1. The highest BCUT2D eigenvalue weighted by atomic mass is 32.2. The van der Waals surface area contributed by atoms with Crippen LogP contribution >= 0.6 is 11.8 Å². The van der Waals surface area contributed by atoms with E-state index in [0.717, 1.165) is 30.7 Å². The summed E-state index contributed by atoms with van der Waals surface area (Å²) in [7, 11) is 0. The number of benzene rings is 1. The molecule has 2 N–H and O–H groups in total. The zero-order valence-electron chi connectivity index (χ0n) is 12.2. The summed E-state index contributed by atoms with van der Waals surface area (Å²) in [6.45, 7) is 1.98. The normalized spacial score (nSPS) is 15.5. The second-order valence-corrected chi connectivity index (χ2v) is 6.32. The van der Waals surface area contributed by atoms with E-state index in [4.69, 9.17) is 0 Å². The fourth-order valence-electron chi connectivity index (χ4n) is 2.01. The second kappa shape index (κ2) is 6.48. The fourth-order valence-corrected chi connectivity index (χ4v) is 2.95. The van der Waals surface area contributed by atoms with Crippen molar-refractivity contribution in [3.05, 3.63) is 41.5 Å². The molecule has 1 unspecified atom stereocenters. The average Bonchev–Trinajstić information content (AvgIpc) is 3.21. The molecule has 1 aromatic carbocycles. The number of hydrogen-bond donors (Lipinski definition) is 2. The van der Waals surface area contributed by atoms with E-state index in [9.17, 15) is 9.18 Å². The number of amides is 1. The van der Waals surface area contributed by atoms with Gasteiger partial charge >= 0.3 is 0 Å². The van der Waals surface area contributed by atoms with Crippen LogP contribution in [0.3, 0.4) is 0 Å². The fraction of sp³-hybridized carbons (Fsp3) is 0.400. The quantitative estimate of drug-likeness (QED) is 0.803. The number of nitrogens with one attached hydrogen (secondary N) is 2. The van der Waals surface area contributed by atoms with Gasteiger partial charge in [0.25, 0.3) is 0 Å². The van der Waals surface area contributed by atoms with Crippen LogP contribution in [0.5, 0.6) is 0 Å². The van der Waals surface area contributed by atoms with Crippen LogP contribution in [0.15, 0.2) is 29.4 Å². The third-order valence-corrected chi connectivity index (χ3v) is 4.52. The Balaban J connectivity index is 1.80. The molecule has 7 heteroatoms. The first kappa shape index (κ1) is 15.0. The molecule has 1 atom stereocenters. The Hall–Kier alpha value is -1.89. The summed E-state index contributed by atoms with van der Waals surface area (Å²) in [4.78, 5) is 16.8. The van der Waals surface area contributed by atoms with Crippen molar-refractivity contribution in [2.45, 2.75) is 42.6 Å². The molecule has 0 aliphatic heterocycles. The van der Waals surface area contributed by atoms with Gasteiger partial charge in [0, 0.05) is 12.5 Å². The molecule has 5 nitrogen and oxygen atoms in total. The number of aryl methyl sites for hydroxylation is 1. The van der Waals surface area contributed by atoms with Gasteiger partial charge in [0.05, 0.1) is 0 Å².